The summed E-state index contributed by atoms with van der Waals surface area (Å²) in [5.74, 6) is 1.41. The summed E-state index contributed by atoms with van der Waals surface area (Å²) in [6.45, 7) is 6.47. The SMILES string of the molecule is Cc1ccc(C(=O)N2CC(c3nncn3Cc3ccccc3)C3(CCCCC3)C2)cc1C. The van der Waals surface area contributed by atoms with Crippen molar-refractivity contribution in [2.24, 2.45) is 5.41 Å². The Labute approximate surface area is 190 Å². The van der Waals surface area contributed by atoms with E-state index in [2.05, 4.69) is 63.8 Å². The normalized spacial score (nSPS) is 20.1. The molecule has 1 aliphatic heterocycles. The summed E-state index contributed by atoms with van der Waals surface area (Å²) >= 11 is 0. The van der Waals surface area contributed by atoms with Crippen LogP contribution in [0, 0.1) is 19.3 Å². The molecule has 3 aromatic rings. The zero-order valence-corrected chi connectivity index (χ0v) is 19.1. The van der Waals surface area contributed by atoms with Crippen molar-refractivity contribution < 1.29 is 4.79 Å². The van der Waals surface area contributed by atoms with Gasteiger partial charge in [0.2, 0.25) is 0 Å². The van der Waals surface area contributed by atoms with Crippen LogP contribution in [0.3, 0.4) is 0 Å². The molecule has 1 saturated heterocycles. The molecule has 2 aliphatic rings. The fourth-order valence-electron chi connectivity index (χ4n) is 5.73. The Kier molecular flexibility index (Phi) is 5.58. The van der Waals surface area contributed by atoms with Gasteiger partial charge >= 0.3 is 0 Å². The van der Waals surface area contributed by atoms with Gasteiger partial charge in [0.15, 0.2) is 0 Å². The second-order valence-electron chi connectivity index (χ2n) is 9.76. The van der Waals surface area contributed by atoms with Crippen LogP contribution in [0.1, 0.15) is 70.9 Å². The molecule has 1 atom stereocenters. The zero-order chi connectivity index (χ0) is 22.1. The number of amides is 1. The van der Waals surface area contributed by atoms with Crippen LogP contribution in [0.25, 0.3) is 0 Å². The van der Waals surface area contributed by atoms with Gasteiger partial charge in [-0.25, -0.2) is 0 Å². The molecule has 0 N–H and O–H groups in total. The average Bonchev–Trinajstić information content (AvgIpc) is 3.41. The summed E-state index contributed by atoms with van der Waals surface area (Å²) in [6, 6.07) is 16.5. The number of nitrogens with zero attached hydrogens (tertiary/aromatic N) is 4. The Morgan fingerprint density at radius 3 is 2.56 bits per heavy atom. The molecule has 1 amide bonds. The van der Waals surface area contributed by atoms with Gasteiger partial charge in [-0.15, -0.1) is 10.2 Å². The molecule has 2 fully saturated rings. The molecule has 166 valence electrons. The number of carbonyl (C=O) groups is 1. The largest absolute Gasteiger partial charge is 0.337 e. The van der Waals surface area contributed by atoms with Crippen molar-refractivity contribution in [2.45, 2.75) is 58.4 Å². The molecule has 5 rings (SSSR count). The third kappa shape index (κ3) is 3.85. The molecule has 1 saturated carbocycles. The molecular weight excluding hydrogens is 396 g/mol. The lowest BCUT2D eigenvalue weighted by Crippen LogP contribution is -2.34. The summed E-state index contributed by atoms with van der Waals surface area (Å²) in [5.41, 5.74) is 4.53. The molecule has 2 heterocycles. The van der Waals surface area contributed by atoms with E-state index in [-0.39, 0.29) is 17.2 Å². The number of hydrogen-bond donors (Lipinski definition) is 0. The molecule has 0 bridgehead atoms. The number of hydrogen-bond acceptors (Lipinski definition) is 3. The summed E-state index contributed by atoms with van der Waals surface area (Å²) < 4.78 is 2.19. The minimum absolute atomic E-state index is 0.106. The van der Waals surface area contributed by atoms with Crippen LogP contribution >= 0.6 is 0 Å². The summed E-state index contributed by atoms with van der Waals surface area (Å²) in [6.07, 6.45) is 7.92. The molecule has 32 heavy (non-hydrogen) atoms. The monoisotopic (exact) mass is 428 g/mol. The van der Waals surface area contributed by atoms with Crippen LogP contribution < -0.4 is 0 Å². The fraction of sp³-hybridized carbons (Fsp3) is 0.444. The standard InChI is InChI=1S/C27H32N4O/c1-20-11-12-23(15-21(20)2)26(32)30-17-24(27(18-30)13-7-4-8-14-27)25-29-28-19-31(25)16-22-9-5-3-6-10-22/h3,5-6,9-12,15,19,24H,4,7-8,13-14,16-18H2,1-2H3. The predicted octanol–water partition coefficient (Wildman–Crippen LogP) is 5.13. The average molecular weight is 429 g/mol. The number of carbonyl (C=O) groups excluding carboxylic acids is 1. The van der Waals surface area contributed by atoms with Gasteiger partial charge in [-0.1, -0.05) is 55.7 Å². The number of likely N-dealkylation sites (tertiary alicyclic amines) is 1. The van der Waals surface area contributed by atoms with Crippen LogP contribution in [0.2, 0.25) is 0 Å². The number of aromatic nitrogens is 3. The lowest BCUT2D eigenvalue weighted by atomic mass is 9.67. The third-order valence-electron chi connectivity index (χ3n) is 7.69. The predicted molar refractivity (Wildman–Crippen MR) is 126 cm³/mol. The quantitative estimate of drug-likeness (QED) is 0.579. The highest BCUT2D eigenvalue weighted by Crippen LogP contribution is 2.51. The lowest BCUT2D eigenvalue weighted by Gasteiger charge is -2.37. The maximum Gasteiger partial charge on any atom is 0.253 e. The third-order valence-corrected chi connectivity index (χ3v) is 7.69. The van der Waals surface area contributed by atoms with E-state index in [0.717, 1.165) is 43.9 Å². The first-order valence-corrected chi connectivity index (χ1v) is 11.8. The first-order valence-electron chi connectivity index (χ1n) is 11.8. The van der Waals surface area contributed by atoms with Gasteiger partial charge in [0.1, 0.15) is 12.2 Å². The maximum absolute atomic E-state index is 13.5. The molecule has 5 heteroatoms. The van der Waals surface area contributed by atoms with Crippen molar-refractivity contribution in [3.63, 3.8) is 0 Å². The minimum atomic E-state index is 0.106. The van der Waals surface area contributed by atoms with Gasteiger partial charge in [0.25, 0.3) is 5.91 Å². The summed E-state index contributed by atoms with van der Waals surface area (Å²) in [4.78, 5) is 15.6. The van der Waals surface area contributed by atoms with Crippen molar-refractivity contribution in [1.82, 2.24) is 19.7 Å². The van der Waals surface area contributed by atoms with Gasteiger partial charge < -0.3 is 9.47 Å². The number of benzene rings is 2. The van der Waals surface area contributed by atoms with Crippen molar-refractivity contribution in [3.05, 3.63) is 82.9 Å². The highest BCUT2D eigenvalue weighted by Gasteiger charge is 2.50. The number of rotatable bonds is 4. The smallest absolute Gasteiger partial charge is 0.253 e. The maximum atomic E-state index is 13.5. The van der Waals surface area contributed by atoms with Crippen LogP contribution in [0.4, 0.5) is 0 Å². The van der Waals surface area contributed by atoms with E-state index in [0.29, 0.717) is 0 Å². The molecule has 0 radical (unpaired) electrons. The van der Waals surface area contributed by atoms with E-state index in [9.17, 15) is 4.79 Å². The fourth-order valence-corrected chi connectivity index (χ4v) is 5.73. The van der Waals surface area contributed by atoms with E-state index < -0.39 is 0 Å². The Hall–Kier alpha value is -2.95. The molecule has 2 aromatic carbocycles. The topological polar surface area (TPSA) is 51.0 Å². The van der Waals surface area contributed by atoms with Gasteiger partial charge in [-0.3, -0.25) is 4.79 Å². The van der Waals surface area contributed by atoms with Crippen molar-refractivity contribution >= 4 is 5.91 Å². The van der Waals surface area contributed by atoms with Gasteiger partial charge in [-0.05, 0) is 60.9 Å². The summed E-state index contributed by atoms with van der Waals surface area (Å²) in [5, 5.41) is 8.91. The summed E-state index contributed by atoms with van der Waals surface area (Å²) in [7, 11) is 0. The Morgan fingerprint density at radius 1 is 1.03 bits per heavy atom. The molecule has 5 nitrogen and oxygen atoms in total. The van der Waals surface area contributed by atoms with Crippen molar-refractivity contribution in [3.8, 4) is 0 Å². The first-order chi connectivity index (χ1) is 15.6. The van der Waals surface area contributed by atoms with Gasteiger partial charge in [0, 0.05) is 24.6 Å². The second kappa shape index (κ2) is 8.53. The Balaban J connectivity index is 1.46. The first kappa shape index (κ1) is 20.9. The molecule has 1 unspecified atom stereocenters. The minimum Gasteiger partial charge on any atom is -0.337 e. The van der Waals surface area contributed by atoms with Crippen molar-refractivity contribution in [1.29, 1.82) is 0 Å². The van der Waals surface area contributed by atoms with E-state index in [1.165, 1.54) is 36.0 Å². The molecule has 1 aliphatic carbocycles. The van der Waals surface area contributed by atoms with E-state index in [1.807, 2.05) is 24.5 Å². The molecular formula is C27H32N4O. The van der Waals surface area contributed by atoms with E-state index in [4.69, 9.17) is 0 Å². The van der Waals surface area contributed by atoms with Crippen LogP contribution in [-0.4, -0.2) is 38.7 Å². The van der Waals surface area contributed by atoms with Crippen LogP contribution in [0.15, 0.2) is 54.9 Å². The lowest BCUT2D eigenvalue weighted by molar-refractivity contribution is 0.0758. The zero-order valence-electron chi connectivity index (χ0n) is 19.1. The molecule has 1 spiro atoms. The molecule has 1 aromatic heterocycles. The number of aryl methyl sites for hydroxylation is 2. The van der Waals surface area contributed by atoms with Crippen LogP contribution in [-0.2, 0) is 6.54 Å². The van der Waals surface area contributed by atoms with E-state index in [1.54, 1.807) is 0 Å². The van der Waals surface area contributed by atoms with Gasteiger partial charge in [-0.2, -0.15) is 0 Å². The highest BCUT2D eigenvalue weighted by atomic mass is 16.2. The van der Waals surface area contributed by atoms with Gasteiger partial charge in [0.05, 0.1) is 6.54 Å². The second-order valence-corrected chi connectivity index (χ2v) is 9.76. The Bertz CT molecular complexity index is 1100. The van der Waals surface area contributed by atoms with Crippen LogP contribution in [0.5, 0.6) is 0 Å². The van der Waals surface area contributed by atoms with Crippen molar-refractivity contribution in [2.75, 3.05) is 13.1 Å². The van der Waals surface area contributed by atoms with E-state index >= 15 is 0 Å². The Morgan fingerprint density at radius 2 is 1.81 bits per heavy atom. The highest BCUT2D eigenvalue weighted by molar-refractivity contribution is 5.94.